The lowest BCUT2D eigenvalue weighted by Gasteiger charge is -2.37. The Balaban J connectivity index is 2.39. The summed E-state index contributed by atoms with van der Waals surface area (Å²) in [4.78, 5) is 15.8. The number of nitrogens with zero attached hydrogens (tertiary/aromatic N) is 3. The second-order valence-corrected chi connectivity index (χ2v) is 5.35. The molecule has 0 aromatic rings. The minimum absolute atomic E-state index is 0.0848. The van der Waals surface area contributed by atoms with Crippen LogP contribution in [0.2, 0.25) is 0 Å². The lowest BCUT2D eigenvalue weighted by molar-refractivity contribution is -0.132. The number of amides is 1. The number of rotatable bonds is 5. The molecule has 3 N–H and O–H groups in total. The average Bonchev–Trinajstić information content (AvgIpc) is 2.43. The predicted octanol–water partition coefficient (Wildman–Crippen LogP) is 0.0186. The molecule has 1 saturated heterocycles. The van der Waals surface area contributed by atoms with Crippen LogP contribution in [0, 0.1) is 0 Å². The Kier molecular flexibility index (Phi) is 6.28. The van der Waals surface area contributed by atoms with Gasteiger partial charge in [-0.25, -0.2) is 0 Å². The normalized spacial score (nSPS) is 19.9. The van der Waals surface area contributed by atoms with Gasteiger partial charge in [-0.05, 0) is 13.2 Å². The highest BCUT2D eigenvalue weighted by Crippen LogP contribution is 2.09. The first-order valence-electron chi connectivity index (χ1n) is 6.08. The topological polar surface area (TPSA) is 82.2 Å². The number of carbonyl (C=O) groups excluding carboxylic acids is 1. The molecule has 6 nitrogen and oxygen atoms in total. The number of thioether (sulfide) groups is 1. The van der Waals surface area contributed by atoms with Gasteiger partial charge in [-0.15, -0.1) is 0 Å². The van der Waals surface area contributed by atoms with Crippen LogP contribution in [0.5, 0.6) is 0 Å². The number of amidine groups is 1. The third-order valence-corrected chi connectivity index (χ3v) is 3.89. The van der Waals surface area contributed by atoms with Crippen molar-refractivity contribution in [2.24, 2.45) is 10.9 Å². The summed E-state index contributed by atoms with van der Waals surface area (Å²) in [7, 11) is 0. The van der Waals surface area contributed by atoms with Crippen LogP contribution in [-0.4, -0.2) is 71.0 Å². The highest BCUT2D eigenvalue weighted by Gasteiger charge is 2.25. The summed E-state index contributed by atoms with van der Waals surface area (Å²) in [6.45, 7) is 4.87. The summed E-state index contributed by atoms with van der Waals surface area (Å²) < 4.78 is 0. The molecular formula is C11H22N4O2S. The molecule has 1 rings (SSSR count). The Morgan fingerprint density at radius 1 is 1.44 bits per heavy atom. The van der Waals surface area contributed by atoms with Crippen molar-refractivity contribution in [2.75, 3.05) is 38.2 Å². The van der Waals surface area contributed by atoms with Gasteiger partial charge in [-0.2, -0.15) is 11.8 Å². The van der Waals surface area contributed by atoms with Gasteiger partial charge in [0.25, 0.3) is 0 Å². The second kappa shape index (κ2) is 7.48. The molecule has 1 heterocycles. The lowest BCUT2D eigenvalue weighted by atomic mass is 10.2. The molecule has 1 aliphatic heterocycles. The van der Waals surface area contributed by atoms with Gasteiger partial charge in [0.1, 0.15) is 0 Å². The van der Waals surface area contributed by atoms with E-state index in [-0.39, 0.29) is 17.8 Å². The summed E-state index contributed by atoms with van der Waals surface area (Å²) in [6.07, 6.45) is 2.61. The van der Waals surface area contributed by atoms with Crippen molar-refractivity contribution in [3.8, 4) is 0 Å². The Bertz CT molecular complexity index is 303. The largest absolute Gasteiger partial charge is 0.409 e. The first-order valence-corrected chi connectivity index (χ1v) is 7.47. The third-order valence-electron chi connectivity index (χ3n) is 3.28. The molecule has 18 heavy (non-hydrogen) atoms. The van der Waals surface area contributed by atoms with Crippen LogP contribution in [0.25, 0.3) is 0 Å². The minimum atomic E-state index is -0.0848. The summed E-state index contributed by atoms with van der Waals surface area (Å²) in [5, 5.41) is 11.7. The van der Waals surface area contributed by atoms with Crippen molar-refractivity contribution >= 4 is 23.5 Å². The molecule has 1 amide bonds. The van der Waals surface area contributed by atoms with E-state index in [0.717, 1.165) is 31.9 Å². The molecule has 1 atom stereocenters. The van der Waals surface area contributed by atoms with E-state index in [1.54, 1.807) is 11.8 Å². The van der Waals surface area contributed by atoms with Crippen molar-refractivity contribution in [3.63, 3.8) is 0 Å². The zero-order chi connectivity index (χ0) is 13.5. The van der Waals surface area contributed by atoms with Crippen LogP contribution in [0.1, 0.15) is 13.3 Å². The van der Waals surface area contributed by atoms with Gasteiger partial charge < -0.3 is 15.8 Å². The number of oxime groups is 1. The van der Waals surface area contributed by atoms with E-state index in [2.05, 4.69) is 10.1 Å². The lowest BCUT2D eigenvalue weighted by Crippen LogP contribution is -2.54. The van der Waals surface area contributed by atoms with E-state index in [9.17, 15) is 4.79 Å². The molecule has 0 aromatic carbocycles. The Labute approximate surface area is 112 Å². The van der Waals surface area contributed by atoms with Gasteiger partial charge in [0.15, 0.2) is 5.84 Å². The van der Waals surface area contributed by atoms with Crippen LogP contribution in [0.15, 0.2) is 5.16 Å². The Morgan fingerprint density at radius 2 is 2.06 bits per heavy atom. The second-order valence-electron chi connectivity index (χ2n) is 4.36. The standard InChI is InChI=1S/C11H22N4O2S/c1-9(11(12)13-17)14-4-6-15(7-5-14)10(16)3-8-18-2/h9,17H,3-8H2,1-2H3,(H2,12,13). The van der Waals surface area contributed by atoms with Gasteiger partial charge in [0.05, 0.1) is 6.04 Å². The number of hydrogen-bond donors (Lipinski definition) is 2. The van der Waals surface area contributed by atoms with E-state index in [0.29, 0.717) is 6.42 Å². The van der Waals surface area contributed by atoms with Gasteiger partial charge in [-0.3, -0.25) is 9.69 Å². The van der Waals surface area contributed by atoms with Gasteiger partial charge in [0.2, 0.25) is 5.91 Å². The summed E-state index contributed by atoms with van der Waals surface area (Å²) in [5.74, 6) is 1.32. The van der Waals surface area contributed by atoms with Crippen molar-refractivity contribution in [2.45, 2.75) is 19.4 Å². The molecule has 104 valence electrons. The molecule has 0 bridgehead atoms. The highest BCUT2D eigenvalue weighted by atomic mass is 32.2. The number of carbonyl (C=O) groups is 1. The van der Waals surface area contributed by atoms with E-state index >= 15 is 0 Å². The molecule has 0 radical (unpaired) electrons. The Hall–Kier alpha value is -0.950. The maximum Gasteiger partial charge on any atom is 0.223 e. The van der Waals surface area contributed by atoms with Gasteiger partial charge in [0, 0.05) is 38.4 Å². The van der Waals surface area contributed by atoms with Crippen molar-refractivity contribution in [1.82, 2.24) is 9.80 Å². The maximum atomic E-state index is 11.8. The van der Waals surface area contributed by atoms with E-state index in [1.165, 1.54) is 0 Å². The first-order chi connectivity index (χ1) is 8.60. The van der Waals surface area contributed by atoms with Crippen LogP contribution >= 0.6 is 11.8 Å². The van der Waals surface area contributed by atoms with Crippen LogP contribution in [0.3, 0.4) is 0 Å². The van der Waals surface area contributed by atoms with Crippen LogP contribution in [-0.2, 0) is 4.79 Å². The van der Waals surface area contributed by atoms with Crippen molar-refractivity contribution < 1.29 is 10.0 Å². The molecule has 0 spiro atoms. The van der Waals surface area contributed by atoms with Crippen molar-refractivity contribution in [3.05, 3.63) is 0 Å². The minimum Gasteiger partial charge on any atom is -0.409 e. The number of piperazine rings is 1. The maximum absolute atomic E-state index is 11.8. The molecular weight excluding hydrogens is 252 g/mol. The molecule has 0 aromatic heterocycles. The highest BCUT2D eigenvalue weighted by molar-refractivity contribution is 7.98. The molecule has 1 aliphatic rings. The first kappa shape index (κ1) is 15.1. The molecule has 1 fully saturated rings. The summed E-state index contributed by atoms with van der Waals surface area (Å²) in [6, 6.07) is -0.0848. The fourth-order valence-electron chi connectivity index (χ4n) is 1.98. The fourth-order valence-corrected chi connectivity index (χ4v) is 2.36. The van der Waals surface area contributed by atoms with Crippen LogP contribution < -0.4 is 5.73 Å². The van der Waals surface area contributed by atoms with E-state index < -0.39 is 0 Å². The van der Waals surface area contributed by atoms with Gasteiger partial charge in [-0.1, -0.05) is 5.16 Å². The van der Waals surface area contributed by atoms with Gasteiger partial charge >= 0.3 is 0 Å². The zero-order valence-electron chi connectivity index (χ0n) is 11.0. The quantitative estimate of drug-likeness (QED) is 0.320. The monoisotopic (exact) mass is 274 g/mol. The van der Waals surface area contributed by atoms with Crippen molar-refractivity contribution in [1.29, 1.82) is 0 Å². The zero-order valence-corrected chi connectivity index (χ0v) is 11.8. The molecule has 0 aliphatic carbocycles. The smallest absolute Gasteiger partial charge is 0.223 e. The van der Waals surface area contributed by atoms with E-state index in [1.807, 2.05) is 18.1 Å². The number of hydrogen-bond acceptors (Lipinski definition) is 5. The molecule has 0 saturated carbocycles. The number of nitrogens with two attached hydrogens (primary N) is 1. The van der Waals surface area contributed by atoms with Crippen LogP contribution in [0.4, 0.5) is 0 Å². The Morgan fingerprint density at radius 3 is 2.56 bits per heavy atom. The molecule has 1 unspecified atom stereocenters. The summed E-state index contributed by atoms with van der Waals surface area (Å²) >= 11 is 1.69. The third kappa shape index (κ3) is 4.06. The predicted molar refractivity (Wildman–Crippen MR) is 74.0 cm³/mol. The SMILES string of the molecule is CSCCC(=O)N1CCN(C(C)C(N)=NO)CC1. The average molecular weight is 274 g/mol. The molecule has 7 heteroatoms. The summed E-state index contributed by atoms with van der Waals surface area (Å²) in [5.41, 5.74) is 5.58. The van der Waals surface area contributed by atoms with E-state index in [4.69, 9.17) is 10.9 Å². The fraction of sp³-hybridized carbons (Fsp3) is 0.818.